The van der Waals surface area contributed by atoms with E-state index in [9.17, 15) is 41.0 Å². The van der Waals surface area contributed by atoms with E-state index in [-0.39, 0.29) is 38.9 Å². The smallest absolute Gasteiger partial charge is 0.449 e. The predicted octanol–water partition coefficient (Wildman–Crippen LogP) is 6.08. The molecule has 3 aromatic carbocycles. The highest BCUT2D eigenvalue weighted by atomic mass is 35.5. The lowest BCUT2D eigenvalue weighted by molar-refractivity contribution is -0.207. The molecule has 0 aliphatic heterocycles. The van der Waals surface area contributed by atoms with E-state index in [2.05, 4.69) is 5.10 Å². The van der Waals surface area contributed by atoms with Crippen molar-refractivity contribution in [2.45, 2.75) is 31.5 Å². The van der Waals surface area contributed by atoms with E-state index in [0.29, 0.717) is 9.25 Å². The third kappa shape index (κ3) is 6.72. The molecule has 1 heterocycles. The number of hydrogen-bond acceptors (Lipinski definition) is 5. The Morgan fingerprint density at radius 2 is 1.61 bits per heavy atom. The maximum atomic E-state index is 13.6. The molecule has 1 atom stereocenters. The summed E-state index contributed by atoms with van der Waals surface area (Å²) in [5.74, 6) is -0.634. The molecule has 41 heavy (non-hydrogen) atoms. The normalized spacial score (nSPS) is 12.8. The molecule has 0 amide bonds. The van der Waals surface area contributed by atoms with Gasteiger partial charge in [-0.3, -0.25) is 4.57 Å². The number of aromatic nitrogens is 3. The summed E-state index contributed by atoms with van der Waals surface area (Å²) < 4.78 is 86.3. The number of aliphatic hydroxyl groups is 1. The van der Waals surface area contributed by atoms with Crippen molar-refractivity contribution >= 4 is 17.8 Å². The molecular weight excluding hydrogens is 584 g/mol. The van der Waals surface area contributed by atoms with Crippen LogP contribution < -0.4 is 10.4 Å². The third-order valence-corrected chi connectivity index (χ3v) is 6.13. The molecule has 4 rings (SSSR count). The second-order valence-electron chi connectivity index (χ2n) is 8.67. The van der Waals surface area contributed by atoms with Gasteiger partial charge in [0.25, 0.3) is 0 Å². The van der Waals surface area contributed by atoms with Crippen molar-refractivity contribution in [1.82, 2.24) is 14.3 Å². The van der Waals surface area contributed by atoms with Crippen LogP contribution >= 0.6 is 11.6 Å². The summed E-state index contributed by atoms with van der Waals surface area (Å²) in [6.07, 6.45) is -14.5. The highest BCUT2D eigenvalue weighted by Crippen LogP contribution is 2.38. The van der Waals surface area contributed by atoms with Gasteiger partial charge in [0.2, 0.25) is 0 Å². The number of halogens is 7. The number of benzene rings is 3. The average Bonchev–Trinajstić information content (AvgIpc) is 3.19. The van der Waals surface area contributed by atoms with Gasteiger partial charge in [0.15, 0.2) is 11.9 Å². The molecule has 0 saturated heterocycles. The fourth-order valence-electron chi connectivity index (χ4n) is 4.01. The highest BCUT2D eigenvalue weighted by Gasteiger charge is 2.39. The minimum atomic E-state index is -5.07. The van der Waals surface area contributed by atoms with Crippen LogP contribution in [0.1, 0.15) is 11.1 Å². The molecule has 0 spiro atoms. The monoisotopic (exact) mass is 601 g/mol. The van der Waals surface area contributed by atoms with E-state index in [0.717, 1.165) is 18.2 Å². The molecule has 0 fully saturated rings. The molecule has 216 valence electrons. The van der Waals surface area contributed by atoms with Gasteiger partial charge < -0.3 is 14.9 Å². The Morgan fingerprint density at radius 3 is 2.22 bits per heavy atom. The minimum Gasteiger partial charge on any atom is -0.449 e. The zero-order valence-electron chi connectivity index (χ0n) is 20.4. The molecule has 0 radical (unpaired) electrons. The molecular formula is C26H18ClF6N3O5. The maximum absolute atomic E-state index is 13.6. The van der Waals surface area contributed by atoms with Crippen LogP contribution in [0.25, 0.3) is 22.5 Å². The molecule has 0 bridgehead atoms. The van der Waals surface area contributed by atoms with Crippen LogP contribution in [0.5, 0.6) is 5.75 Å². The molecule has 2 N–H and O–H groups in total. The Bertz CT molecular complexity index is 1630. The molecule has 4 aromatic rings. The van der Waals surface area contributed by atoms with Crippen LogP contribution in [0.4, 0.5) is 31.1 Å². The van der Waals surface area contributed by atoms with Gasteiger partial charge in [-0.15, -0.1) is 5.10 Å². The Kier molecular flexibility index (Phi) is 8.17. The van der Waals surface area contributed by atoms with Crippen molar-refractivity contribution < 1.29 is 46.1 Å². The SMILES string of the molecule is O=C(O)Oc1ccc(-c2ccccc2C(F)(F)F)cc1Cn1nc(-c2ccc(Cl)cc2)n(CC(O)C(F)(F)F)c1=O. The van der Waals surface area contributed by atoms with Crippen molar-refractivity contribution in [2.75, 3.05) is 0 Å². The number of carbonyl (C=O) groups is 1. The van der Waals surface area contributed by atoms with Crippen molar-refractivity contribution in [3.63, 3.8) is 0 Å². The molecule has 0 saturated carbocycles. The lowest BCUT2D eigenvalue weighted by Gasteiger charge is -2.15. The molecule has 0 aliphatic rings. The van der Waals surface area contributed by atoms with E-state index in [1.165, 1.54) is 48.5 Å². The first-order valence-electron chi connectivity index (χ1n) is 11.5. The Morgan fingerprint density at radius 1 is 0.976 bits per heavy atom. The minimum absolute atomic E-state index is 0.0106. The highest BCUT2D eigenvalue weighted by molar-refractivity contribution is 6.30. The van der Waals surface area contributed by atoms with E-state index in [1.807, 2.05) is 0 Å². The van der Waals surface area contributed by atoms with Crippen LogP contribution in [-0.2, 0) is 19.3 Å². The van der Waals surface area contributed by atoms with Crippen LogP contribution in [0.15, 0.2) is 71.5 Å². The summed E-state index contributed by atoms with van der Waals surface area (Å²) in [4.78, 5) is 24.5. The lowest BCUT2D eigenvalue weighted by Crippen LogP contribution is -2.37. The van der Waals surface area contributed by atoms with E-state index >= 15 is 0 Å². The van der Waals surface area contributed by atoms with Crippen molar-refractivity contribution in [1.29, 1.82) is 0 Å². The van der Waals surface area contributed by atoms with Gasteiger partial charge in [-0.1, -0.05) is 35.9 Å². The van der Waals surface area contributed by atoms with E-state index < -0.39 is 49.0 Å². The number of carboxylic acid groups (broad SMARTS) is 1. The van der Waals surface area contributed by atoms with Gasteiger partial charge in [-0.25, -0.2) is 14.3 Å². The largest absolute Gasteiger partial charge is 0.511 e. The molecule has 8 nitrogen and oxygen atoms in total. The number of aliphatic hydroxyl groups excluding tert-OH is 1. The van der Waals surface area contributed by atoms with Crippen molar-refractivity contribution in [3.8, 4) is 28.3 Å². The van der Waals surface area contributed by atoms with Crippen molar-refractivity contribution in [3.05, 3.63) is 93.4 Å². The first kappa shape index (κ1) is 29.7. The quantitative estimate of drug-likeness (QED) is 0.151. The average molecular weight is 602 g/mol. The number of hydrogen-bond donors (Lipinski definition) is 2. The van der Waals surface area contributed by atoms with E-state index in [1.54, 1.807) is 0 Å². The van der Waals surface area contributed by atoms with Crippen LogP contribution in [0.2, 0.25) is 5.02 Å². The van der Waals surface area contributed by atoms with Gasteiger partial charge >= 0.3 is 24.2 Å². The molecule has 1 unspecified atom stereocenters. The lowest BCUT2D eigenvalue weighted by atomic mass is 9.97. The molecule has 15 heteroatoms. The maximum Gasteiger partial charge on any atom is 0.511 e. The van der Waals surface area contributed by atoms with Gasteiger partial charge in [0.05, 0.1) is 18.7 Å². The second kappa shape index (κ2) is 11.3. The Labute approximate surface area is 231 Å². The summed E-state index contributed by atoms with van der Waals surface area (Å²) in [6, 6.07) is 13.6. The fraction of sp³-hybridized carbons (Fsp3) is 0.192. The summed E-state index contributed by atoms with van der Waals surface area (Å²) >= 11 is 5.88. The van der Waals surface area contributed by atoms with Crippen LogP contribution in [0, 0.1) is 0 Å². The standard InChI is InChI=1S/C26H18ClF6N3O5/c27-17-8-5-14(6-9-17)22-34-36(23(38)35(22)13-21(37)26(31,32)33)12-16-11-15(7-10-20(16)41-24(39)40)18-3-1-2-4-19(18)25(28,29)30/h1-11,21,37H,12-13H2,(H,39,40). The number of rotatable bonds is 7. The Hall–Kier alpha value is -4.30. The Balaban J connectivity index is 1.85. The van der Waals surface area contributed by atoms with Crippen LogP contribution in [-0.4, -0.2) is 43.0 Å². The fourth-order valence-corrected chi connectivity index (χ4v) is 4.13. The number of nitrogens with zero attached hydrogens (tertiary/aromatic N) is 3. The van der Waals surface area contributed by atoms with Gasteiger partial charge in [0.1, 0.15) is 5.75 Å². The van der Waals surface area contributed by atoms with Crippen molar-refractivity contribution in [2.24, 2.45) is 0 Å². The summed E-state index contributed by atoms with van der Waals surface area (Å²) in [5.41, 5.74) is -2.33. The van der Waals surface area contributed by atoms with E-state index in [4.69, 9.17) is 21.4 Å². The summed E-state index contributed by atoms with van der Waals surface area (Å²) in [7, 11) is 0. The first-order chi connectivity index (χ1) is 19.1. The van der Waals surface area contributed by atoms with Gasteiger partial charge in [-0.05, 0) is 53.6 Å². The summed E-state index contributed by atoms with van der Waals surface area (Å²) in [5, 5.41) is 23.2. The third-order valence-electron chi connectivity index (χ3n) is 5.88. The number of ether oxygens (including phenoxy) is 1. The molecule has 0 aliphatic carbocycles. The number of alkyl halides is 6. The van der Waals surface area contributed by atoms with Crippen LogP contribution in [0.3, 0.4) is 0 Å². The predicted molar refractivity (Wildman–Crippen MR) is 134 cm³/mol. The zero-order valence-corrected chi connectivity index (χ0v) is 21.2. The second-order valence-corrected chi connectivity index (χ2v) is 9.11. The first-order valence-corrected chi connectivity index (χ1v) is 11.9. The topological polar surface area (TPSA) is 107 Å². The van der Waals surface area contributed by atoms with Gasteiger partial charge in [-0.2, -0.15) is 26.3 Å². The zero-order chi connectivity index (χ0) is 30.1. The summed E-state index contributed by atoms with van der Waals surface area (Å²) in [6.45, 7) is -1.84. The molecule has 1 aromatic heterocycles. The van der Waals surface area contributed by atoms with Gasteiger partial charge in [0, 0.05) is 16.1 Å².